The van der Waals surface area contributed by atoms with E-state index in [1.54, 1.807) is 10.3 Å². The molecule has 30 heavy (non-hydrogen) atoms. The Hall–Kier alpha value is -2.58. The lowest BCUT2D eigenvalue weighted by molar-refractivity contribution is -0.127. The van der Waals surface area contributed by atoms with Crippen molar-refractivity contribution in [1.82, 2.24) is 19.8 Å². The molecule has 2 heterocycles. The molecule has 0 saturated carbocycles. The Morgan fingerprint density at radius 1 is 1.13 bits per heavy atom. The fourth-order valence-corrected chi connectivity index (χ4v) is 4.55. The third-order valence-corrected chi connectivity index (χ3v) is 6.10. The molecule has 1 atom stereocenters. The van der Waals surface area contributed by atoms with E-state index in [1.807, 2.05) is 70.3 Å². The quantitative estimate of drug-likeness (QED) is 0.609. The zero-order valence-corrected chi connectivity index (χ0v) is 19.4. The lowest BCUT2D eigenvalue weighted by Crippen LogP contribution is -2.49. The number of nitrogens with zero attached hydrogens (tertiary/aromatic N) is 3. The number of thiophene rings is 1. The van der Waals surface area contributed by atoms with Crippen LogP contribution < -0.4 is 5.32 Å². The molecular formula is C22H26N4O2S2. The van der Waals surface area contributed by atoms with Crippen LogP contribution in [0.4, 0.5) is 0 Å². The Morgan fingerprint density at radius 3 is 2.37 bits per heavy atom. The number of hydrogen-bond donors (Lipinski definition) is 1. The van der Waals surface area contributed by atoms with Crippen molar-refractivity contribution in [3.8, 4) is 0 Å². The molecule has 3 aromatic rings. The molecule has 0 bridgehead atoms. The molecule has 6 nitrogen and oxygen atoms in total. The average Bonchev–Trinajstić information content (AvgIpc) is 3.33. The van der Waals surface area contributed by atoms with Crippen LogP contribution in [0.3, 0.4) is 0 Å². The summed E-state index contributed by atoms with van der Waals surface area (Å²) in [7, 11) is 0. The Balaban J connectivity index is 2.07. The number of benzene rings is 1. The second kappa shape index (κ2) is 9.06. The Bertz CT molecular complexity index is 1000. The molecule has 0 aliphatic carbocycles. The summed E-state index contributed by atoms with van der Waals surface area (Å²) in [4.78, 5) is 29.3. The van der Waals surface area contributed by atoms with Crippen LogP contribution in [0.1, 0.15) is 58.9 Å². The summed E-state index contributed by atoms with van der Waals surface area (Å²) in [5, 5.41) is 10.6. The van der Waals surface area contributed by atoms with Crippen LogP contribution >= 0.6 is 22.9 Å². The molecule has 3 rings (SSSR count). The van der Waals surface area contributed by atoms with Gasteiger partial charge in [0.05, 0.1) is 0 Å². The third kappa shape index (κ3) is 5.31. The van der Waals surface area contributed by atoms with Gasteiger partial charge in [-0.1, -0.05) is 34.3 Å². The lowest BCUT2D eigenvalue weighted by atomic mass is 10.0. The van der Waals surface area contributed by atoms with Crippen molar-refractivity contribution in [2.75, 3.05) is 0 Å². The van der Waals surface area contributed by atoms with Crippen LogP contribution in [-0.4, -0.2) is 31.8 Å². The number of rotatable bonds is 6. The van der Waals surface area contributed by atoms with Crippen molar-refractivity contribution < 1.29 is 9.59 Å². The van der Waals surface area contributed by atoms with Crippen molar-refractivity contribution in [3.63, 3.8) is 0 Å². The number of amides is 2. The normalized spacial score (nSPS) is 12.4. The van der Waals surface area contributed by atoms with Crippen LogP contribution in [0.15, 0.2) is 41.1 Å². The van der Waals surface area contributed by atoms with E-state index in [2.05, 4.69) is 14.9 Å². The third-order valence-electron chi connectivity index (χ3n) is 4.52. The van der Waals surface area contributed by atoms with E-state index < -0.39 is 11.6 Å². The number of carbonyl (C=O) groups is 2. The van der Waals surface area contributed by atoms with Crippen LogP contribution in [0.5, 0.6) is 0 Å². The molecule has 1 aromatic carbocycles. The Labute approximate surface area is 185 Å². The average molecular weight is 443 g/mol. The molecule has 0 aliphatic rings. The Kier molecular flexibility index (Phi) is 6.67. The van der Waals surface area contributed by atoms with Gasteiger partial charge in [0.2, 0.25) is 5.91 Å². The van der Waals surface area contributed by atoms with Crippen molar-refractivity contribution in [3.05, 3.63) is 68.4 Å². The van der Waals surface area contributed by atoms with E-state index in [9.17, 15) is 9.59 Å². The summed E-state index contributed by atoms with van der Waals surface area (Å²) in [6.07, 6.45) is 0. The van der Waals surface area contributed by atoms with E-state index in [0.29, 0.717) is 0 Å². The fraction of sp³-hybridized carbons (Fsp3) is 0.364. The van der Waals surface area contributed by atoms with Crippen molar-refractivity contribution in [1.29, 1.82) is 0 Å². The minimum atomic E-state index is -0.764. The van der Waals surface area contributed by atoms with Gasteiger partial charge in [-0.2, -0.15) is 0 Å². The van der Waals surface area contributed by atoms with Crippen molar-refractivity contribution in [2.24, 2.45) is 0 Å². The van der Waals surface area contributed by atoms with Gasteiger partial charge in [-0.3, -0.25) is 9.59 Å². The second-order valence-corrected chi connectivity index (χ2v) is 9.88. The van der Waals surface area contributed by atoms with Crippen LogP contribution in [-0.2, 0) is 11.3 Å². The molecular weight excluding hydrogens is 416 g/mol. The first-order chi connectivity index (χ1) is 14.2. The number of aromatic nitrogens is 2. The van der Waals surface area contributed by atoms with E-state index in [-0.39, 0.29) is 24.1 Å². The van der Waals surface area contributed by atoms with E-state index in [0.717, 1.165) is 33.1 Å². The number of hydrogen-bond acceptors (Lipinski definition) is 6. The standard InChI is InChI=1S/C22H26N4O2S2/c1-14-6-8-16(9-7-14)12-26(21(28)17-13-30-25-24-17)18(19-15(2)10-11-29-19)20(27)23-22(3,4)5/h6-11,13,18H,12H2,1-5H3,(H,23,27)/t18-/m0/s1. The molecule has 0 unspecified atom stereocenters. The highest BCUT2D eigenvalue weighted by Crippen LogP contribution is 2.32. The zero-order valence-electron chi connectivity index (χ0n) is 17.8. The Morgan fingerprint density at radius 2 is 1.83 bits per heavy atom. The van der Waals surface area contributed by atoms with Gasteiger partial charge in [0.1, 0.15) is 6.04 Å². The van der Waals surface area contributed by atoms with Crippen molar-refractivity contribution >= 4 is 34.7 Å². The molecule has 0 spiro atoms. The fourth-order valence-electron chi connectivity index (χ4n) is 3.08. The highest BCUT2D eigenvalue weighted by molar-refractivity contribution is 7.10. The topological polar surface area (TPSA) is 75.2 Å². The maximum atomic E-state index is 13.4. The molecule has 0 aliphatic heterocycles. The zero-order chi connectivity index (χ0) is 21.9. The van der Waals surface area contributed by atoms with Crippen LogP contribution in [0.25, 0.3) is 0 Å². The number of carbonyl (C=O) groups excluding carboxylic acids is 2. The van der Waals surface area contributed by atoms with E-state index >= 15 is 0 Å². The first-order valence-electron chi connectivity index (χ1n) is 9.65. The van der Waals surface area contributed by atoms with Gasteiger partial charge in [-0.25, -0.2) is 0 Å². The van der Waals surface area contributed by atoms with Crippen molar-refractivity contribution in [2.45, 2.75) is 52.7 Å². The van der Waals surface area contributed by atoms with Gasteiger partial charge < -0.3 is 10.2 Å². The molecule has 2 amide bonds. The summed E-state index contributed by atoms with van der Waals surface area (Å²) in [6, 6.07) is 9.17. The summed E-state index contributed by atoms with van der Waals surface area (Å²) in [5.74, 6) is -0.525. The maximum absolute atomic E-state index is 13.4. The maximum Gasteiger partial charge on any atom is 0.276 e. The summed E-state index contributed by atoms with van der Waals surface area (Å²) in [6.45, 7) is 10.1. The summed E-state index contributed by atoms with van der Waals surface area (Å²) >= 11 is 2.60. The minimum absolute atomic E-state index is 0.211. The lowest BCUT2D eigenvalue weighted by Gasteiger charge is -2.33. The van der Waals surface area contributed by atoms with Gasteiger partial charge in [0.15, 0.2) is 5.69 Å². The SMILES string of the molecule is Cc1ccc(CN(C(=O)c2csnn2)[C@H](C(=O)NC(C)(C)C)c2sccc2C)cc1. The molecule has 0 radical (unpaired) electrons. The van der Waals surface area contributed by atoms with Crippen LogP contribution in [0.2, 0.25) is 0 Å². The monoisotopic (exact) mass is 442 g/mol. The van der Waals surface area contributed by atoms with Gasteiger partial charge in [-0.15, -0.1) is 16.4 Å². The van der Waals surface area contributed by atoms with Gasteiger partial charge in [-0.05, 0) is 68.7 Å². The smallest absolute Gasteiger partial charge is 0.276 e. The second-order valence-electron chi connectivity index (χ2n) is 8.32. The molecule has 0 saturated heterocycles. The van der Waals surface area contributed by atoms with Gasteiger partial charge in [0.25, 0.3) is 5.91 Å². The summed E-state index contributed by atoms with van der Waals surface area (Å²) < 4.78 is 3.83. The first-order valence-corrected chi connectivity index (χ1v) is 11.4. The van der Waals surface area contributed by atoms with Crippen LogP contribution in [0, 0.1) is 13.8 Å². The number of aryl methyl sites for hydroxylation is 2. The van der Waals surface area contributed by atoms with E-state index in [1.165, 1.54) is 11.3 Å². The number of nitrogens with one attached hydrogen (secondary N) is 1. The predicted molar refractivity (Wildman–Crippen MR) is 121 cm³/mol. The summed E-state index contributed by atoms with van der Waals surface area (Å²) in [5.41, 5.74) is 2.87. The molecule has 2 aromatic heterocycles. The highest BCUT2D eigenvalue weighted by atomic mass is 32.1. The molecule has 1 N–H and O–H groups in total. The van der Waals surface area contributed by atoms with Gasteiger partial charge >= 0.3 is 0 Å². The molecule has 158 valence electrons. The predicted octanol–water partition coefficient (Wildman–Crippen LogP) is 4.51. The largest absolute Gasteiger partial charge is 0.349 e. The molecule has 8 heteroatoms. The van der Waals surface area contributed by atoms with E-state index in [4.69, 9.17) is 0 Å². The first kappa shape index (κ1) is 22.1. The molecule has 0 fully saturated rings. The minimum Gasteiger partial charge on any atom is -0.349 e. The van der Waals surface area contributed by atoms with Gasteiger partial charge in [0, 0.05) is 22.3 Å². The highest BCUT2D eigenvalue weighted by Gasteiger charge is 2.36.